The number of primary amides is 1. The Kier molecular flexibility index (Phi) is 4.70. The number of halogens is 1. The molecule has 0 aliphatic carbocycles. The minimum Gasteiger partial charge on any atom is -0.467 e. The van der Waals surface area contributed by atoms with E-state index in [1.54, 1.807) is 17.8 Å². The largest absolute Gasteiger partial charge is 0.467 e. The van der Waals surface area contributed by atoms with Crippen LogP contribution in [0.5, 0.6) is 22.7 Å². The van der Waals surface area contributed by atoms with Crippen LogP contribution in [-0.4, -0.2) is 28.2 Å². The van der Waals surface area contributed by atoms with Gasteiger partial charge in [0.1, 0.15) is 5.75 Å². The van der Waals surface area contributed by atoms with Crippen LogP contribution in [0.15, 0.2) is 36.0 Å². The lowest BCUT2D eigenvalue weighted by molar-refractivity contribution is 0.208. The highest BCUT2D eigenvalue weighted by atomic mass is 32.1. The van der Waals surface area contributed by atoms with Gasteiger partial charge in [-0.3, -0.25) is 0 Å². The fraction of sp³-hybridized carbons (Fsp3) is 0.0667. The molecule has 0 saturated heterocycles. The Morgan fingerprint density at radius 2 is 2.04 bits per heavy atom. The van der Waals surface area contributed by atoms with Crippen molar-refractivity contribution in [2.45, 2.75) is 0 Å². The minimum atomic E-state index is -1.10. The summed E-state index contributed by atoms with van der Waals surface area (Å²) < 4.78 is 28.7. The zero-order valence-corrected chi connectivity index (χ0v) is 13.6. The van der Waals surface area contributed by atoms with Gasteiger partial charge < -0.3 is 19.9 Å². The van der Waals surface area contributed by atoms with Crippen molar-refractivity contribution in [2.75, 3.05) is 7.11 Å². The molecule has 2 aromatic heterocycles. The second kappa shape index (κ2) is 7.09. The second-order valence-corrected chi connectivity index (χ2v) is 5.39. The summed E-state index contributed by atoms with van der Waals surface area (Å²) in [4.78, 5) is 22.9. The average molecular weight is 362 g/mol. The molecule has 0 bridgehead atoms. The number of ether oxygens (including phenoxy) is 3. The van der Waals surface area contributed by atoms with E-state index in [9.17, 15) is 9.18 Å². The van der Waals surface area contributed by atoms with Crippen molar-refractivity contribution >= 4 is 17.4 Å². The smallest absolute Gasteiger partial charge is 0.410 e. The van der Waals surface area contributed by atoms with Crippen LogP contribution >= 0.6 is 11.3 Å². The Hall–Kier alpha value is -3.27. The maximum atomic E-state index is 13.8. The molecule has 8 nitrogen and oxygen atoms in total. The Bertz CT molecular complexity index is 901. The minimum absolute atomic E-state index is 0.196. The van der Waals surface area contributed by atoms with E-state index in [4.69, 9.17) is 15.2 Å². The van der Waals surface area contributed by atoms with Crippen LogP contribution in [0.1, 0.15) is 0 Å². The number of benzene rings is 1. The van der Waals surface area contributed by atoms with Gasteiger partial charge in [-0.25, -0.2) is 24.1 Å². The highest BCUT2D eigenvalue weighted by Crippen LogP contribution is 2.31. The number of amides is 1. The lowest BCUT2D eigenvalue weighted by Gasteiger charge is -2.05. The monoisotopic (exact) mass is 362 g/mol. The summed E-state index contributed by atoms with van der Waals surface area (Å²) in [7, 11) is 1.47. The number of methoxy groups -OCH3 is 1. The van der Waals surface area contributed by atoms with Gasteiger partial charge in [0.05, 0.1) is 12.8 Å². The summed E-state index contributed by atoms with van der Waals surface area (Å²) in [6.07, 6.45) is 2.04. The zero-order chi connectivity index (χ0) is 17.8. The van der Waals surface area contributed by atoms with Crippen LogP contribution in [0.2, 0.25) is 0 Å². The van der Waals surface area contributed by atoms with Crippen molar-refractivity contribution in [1.29, 1.82) is 0 Å². The molecule has 2 N–H and O–H groups in total. The molecule has 1 amide bonds. The van der Waals surface area contributed by atoms with Crippen LogP contribution in [0.3, 0.4) is 0 Å². The van der Waals surface area contributed by atoms with E-state index in [1.807, 2.05) is 0 Å². The first-order valence-corrected chi connectivity index (χ1v) is 7.70. The number of carbonyl (C=O) groups is 1. The molecular weight excluding hydrogens is 351 g/mol. The third kappa shape index (κ3) is 3.98. The van der Waals surface area contributed by atoms with E-state index in [2.05, 4.69) is 19.7 Å². The van der Waals surface area contributed by atoms with Gasteiger partial charge in [-0.15, -0.1) is 0 Å². The molecule has 0 radical (unpaired) electrons. The maximum Gasteiger partial charge on any atom is 0.410 e. The standard InChI is InChI=1S/C15H11FN4O4S/c1-22-14-18-5-8(6-19-14)11-7-25-15(20-11)23-9-2-3-12(10(16)4-9)24-13(17)21/h2-7H,1H3,(H2,17,21). The predicted molar refractivity (Wildman–Crippen MR) is 86.4 cm³/mol. The van der Waals surface area contributed by atoms with Crippen molar-refractivity contribution in [1.82, 2.24) is 15.0 Å². The number of hydrogen-bond donors (Lipinski definition) is 1. The molecule has 25 heavy (non-hydrogen) atoms. The number of nitrogens with two attached hydrogens (primary N) is 1. The van der Waals surface area contributed by atoms with E-state index in [0.29, 0.717) is 16.5 Å². The topological polar surface area (TPSA) is 109 Å². The molecule has 0 saturated carbocycles. The third-order valence-electron chi connectivity index (χ3n) is 2.91. The number of carbonyl (C=O) groups excluding carboxylic acids is 1. The van der Waals surface area contributed by atoms with Gasteiger partial charge >= 0.3 is 12.1 Å². The van der Waals surface area contributed by atoms with Crippen LogP contribution in [0.25, 0.3) is 11.3 Å². The van der Waals surface area contributed by atoms with E-state index >= 15 is 0 Å². The number of aromatic nitrogens is 3. The van der Waals surface area contributed by atoms with Crippen molar-refractivity contribution < 1.29 is 23.4 Å². The molecule has 0 unspecified atom stereocenters. The summed E-state index contributed by atoms with van der Waals surface area (Å²) in [6, 6.07) is 3.99. The van der Waals surface area contributed by atoms with E-state index in [0.717, 1.165) is 6.07 Å². The Morgan fingerprint density at radius 1 is 1.28 bits per heavy atom. The number of nitrogens with zero attached hydrogens (tertiary/aromatic N) is 3. The van der Waals surface area contributed by atoms with Crippen molar-refractivity contribution in [3.05, 3.63) is 41.8 Å². The zero-order valence-electron chi connectivity index (χ0n) is 12.8. The van der Waals surface area contributed by atoms with Gasteiger partial charge in [0.15, 0.2) is 11.6 Å². The van der Waals surface area contributed by atoms with Crippen molar-refractivity contribution in [2.24, 2.45) is 5.73 Å². The fourth-order valence-corrected chi connectivity index (χ4v) is 2.52. The number of thiazole rings is 1. The molecule has 0 aliphatic heterocycles. The van der Waals surface area contributed by atoms with Gasteiger partial charge in [0, 0.05) is 29.4 Å². The molecule has 3 rings (SSSR count). The molecule has 2 heterocycles. The third-order valence-corrected chi connectivity index (χ3v) is 3.63. The molecule has 3 aromatic rings. The summed E-state index contributed by atoms with van der Waals surface area (Å²) in [5.41, 5.74) is 6.14. The van der Waals surface area contributed by atoms with Gasteiger partial charge in [0.25, 0.3) is 5.19 Å². The Morgan fingerprint density at radius 3 is 2.68 bits per heavy atom. The van der Waals surface area contributed by atoms with Crippen molar-refractivity contribution in [3.8, 4) is 34.0 Å². The summed E-state index contributed by atoms with van der Waals surface area (Å²) in [6.45, 7) is 0. The number of rotatable bonds is 5. The quantitative estimate of drug-likeness (QED) is 0.743. The van der Waals surface area contributed by atoms with Crippen molar-refractivity contribution in [3.63, 3.8) is 0 Å². The number of hydrogen-bond acceptors (Lipinski definition) is 8. The molecule has 0 spiro atoms. The van der Waals surface area contributed by atoms with Gasteiger partial charge in [0.2, 0.25) is 0 Å². The summed E-state index contributed by atoms with van der Waals surface area (Å²) >= 11 is 1.22. The first kappa shape index (κ1) is 16.6. The maximum absolute atomic E-state index is 13.8. The SMILES string of the molecule is COc1ncc(-c2csc(Oc3ccc(OC(N)=O)c(F)c3)n2)cn1. The predicted octanol–water partition coefficient (Wildman–Crippen LogP) is 3.00. The van der Waals surface area contributed by atoms with E-state index < -0.39 is 11.9 Å². The highest BCUT2D eigenvalue weighted by molar-refractivity contribution is 7.11. The molecule has 0 aliphatic rings. The summed E-state index contributed by atoms with van der Waals surface area (Å²) in [5, 5.41) is 2.05. The van der Waals surface area contributed by atoms with Crippen LogP contribution < -0.4 is 19.9 Å². The first-order chi connectivity index (χ1) is 12.0. The lowest BCUT2D eigenvalue weighted by Crippen LogP contribution is -2.16. The first-order valence-electron chi connectivity index (χ1n) is 6.82. The van der Waals surface area contributed by atoms with E-state index in [1.165, 1.54) is 30.6 Å². The normalized spacial score (nSPS) is 10.3. The lowest BCUT2D eigenvalue weighted by atomic mass is 10.3. The van der Waals surface area contributed by atoms with E-state index in [-0.39, 0.29) is 17.5 Å². The highest BCUT2D eigenvalue weighted by Gasteiger charge is 2.11. The molecular formula is C15H11FN4O4S. The Labute approximate surface area is 145 Å². The average Bonchev–Trinajstić information content (AvgIpc) is 3.05. The molecule has 10 heteroatoms. The van der Waals surface area contributed by atoms with Crippen LogP contribution in [0, 0.1) is 5.82 Å². The second-order valence-electron chi connectivity index (χ2n) is 4.57. The molecule has 0 fully saturated rings. The van der Waals surface area contributed by atoms with Crippen LogP contribution in [-0.2, 0) is 0 Å². The fourth-order valence-electron chi connectivity index (χ4n) is 1.83. The molecule has 0 atom stereocenters. The molecule has 128 valence electrons. The van der Waals surface area contributed by atoms with Gasteiger partial charge in [-0.05, 0) is 12.1 Å². The van der Waals surface area contributed by atoms with Gasteiger partial charge in [-0.2, -0.15) is 0 Å². The Balaban J connectivity index is 1.74. The summed E-state index contributed by atoms with van der Waals surface area (Å²) in [5.74, 6) is -0.868. The van der Waals surface area contributed by atoms with Crippen LogP contribution in [0.4, 0.5) is 9.18 Å². The molecule has 1 aromatic carbocycles. The van der Waals surface area contributed by atoms with Gasteiger partial charge in [-0.1, -0.05) is 11.3 Å².